The maximum atomic E-state index is 13.4. The summed E-state index contributed by atoms with van der Waals surface area (Å²) >= 11 is 0. The molecule has 6 nitrogen and oxygen atoms in total. The summed E-state index contributed by atoms with van der Waals surface area (Å²) in [6.45, 7) is 3.42. The number of ketones is 3. The van der Waals surface area contributed by atoms with E-state index in [9.17, 15) is 24.4 Å². The van der Waals surface area contributed by atoms with Crippen LogP contribution in [-0.4, -0.2) is 34.6 Å². The summed E-state index contributed by atoms with van der Waals surface area (Å²) in [7, 11) is 0. The largest absolute Gasteiger partial charge is 0.381 e. The van der Waals surface area contributed by atoms with Gasteiger partial charge in [-0.15, -0.1) is 0 Å². The Balaban J connectivity index is 1.73. The predicted molar refractivity (Wildman–Crippen MR) is 97.7 cm³/mol. The number of hydrogen-bond donors (Lipinski definition) is 1. The highest BCUT2D eigenvalue weighted by molar-refractivity contribution is 5.94. The lowest BCUT2D eigenvalue weighted by Gasteiger charge is -2.57. The lowest BCUT2D eigenvalue weighted by atomic mass is 9.46. The van der Waals surface area contributed by atoms with Gasteiger partial charge in [0.2, 0.25) is 0 Å². The summed E-state index contributed by atoms with van der Waals surface area (Å²) in [5, 5.41) is 13.9. The summed E-state index contributed by atoms with van der Waals surface area (Å²) in [5.41, 5.74) is -1.67. The average molecular weight is 373 g/mol. The Hall–Kier alpha value is -1.69. The van der Waals surface area contributed by atoms with Gasteiger partial charge >= 0.3 is 0 Å². The van der Waals surface area contributed by atoms with Crippen LogP contribution in [0.3, 0.4) is 0 Å². The van der Waals surface area contributed by atoms with E-state index in [1.54, 1.807) is 6.08 Å². The van der Waals surface area contributed by atoms with E-state index in [2.05, 4.69) is 12.1 Å². The van der Waals surface area contributed by atoms with Crippen LogP contribution in [0.5, 0.6) is 0 Å². The van der Waals surface area contributed by atoms with Crippen LogP contribution in [-0.2, 0) is 14.4 Å². The fourth-order valence-electron chi connectivity index (χ4n) is 7.03. The van der Waals surface area contributed by atoms with Crippen LogP contribution < -0.4 is 0 Å². The van der Waals surface area contributed by atoms with Crippen molar-refractivity contribution in [2.45, 2.75) is 64.4 Å². The van der Waals surface area contributed by atoms with E-state index in [4.69, 9.17) is 0 Å². The van der Waals surface area contributed by atoms with Crippen LogP contribution in [0.4, 0.5) is 0 Å². The SMILES string of the molecule is C[C@]12CCC(=O)C=C1CC[C@@H]1[C@@H]2C(=O)C[C@@]2(C)[C@H]1CC[C@]2(O)C(=O)CN=O. The molecular formula is C21H27NO5. The molecule has 3 saturated carbocycles. The van der Waals surface area contributed by atoms with Crippen molar-refractivity contribution in [2.75, 3.05) is 6.54 Å². The quantitative estimate of drug-likeness (QED) is 0.767. The Kier molecular flexibility index (Phi) is 4.08. The number of nitrogens with zero attached hydrogens (tertiary/aromatic N) is 1. The second kappa shape index (κ2) is 5.90. The Morgan fingerprint density at radius 3 is 2.67 bits per heavy atom. The first-order valence-corrected chi connectivity index (χ1v) is 9.99. The monoisotopic (exact) mass is 373 g/mol. The summed E-state index contributed by atoms with van der Waals surface area (Å²) in [5.74, 6) is -0.288. The minimum atomic E-state index is -1.65. The van der Waals surface area contributed by atoms with Gasteiger partial charge in [-0.25, -0.2) is 0 Å². The third-order valence-corrected chi connectivity index (χ3v) is 8.48. The first kappa shape index (κ1) is 18.7. The molecular weight excluding hydrogens is 346 g/mol. The Labute approximate surface area is 158 Å². The third-order valence-electron chi connectivity index (χ3n) is 8.48. The van der Waals surface area contributed by atoms with Crippen molar-refractivity contribution in [3.05, 3.63) is 16.6 Å². The molecule has 0 aromatic rings. The molecule has 4 aliphatic carbocycles. The van der Waals surface area contributed by atoms with Crippen molar-refractivity contribution in [1.82, 2.24) is 0 Å². The van der Waals surface area contributed by atoms with Gasteiger partial charge in [0, 0.05) is 24.2 Å². The van der Waals surface area contributed by atoms with Crippen molar-refractivity contribution in [2.24, 2.45) is 33.8 Å². The van der Waals surface area contributed by atoms with E-state index in [1.165, 1.54) is 0 Å². The number of Topliss-reactive ketones (excluding diaryl/α,β-unsaturated/α-hetero) is 2. The topological polar surface area (TPSA) is 101 Å². The number of rotatable bonds is 3. The van der Waals surface area contributed by atoms with Crippen LogP contribution in [0, 0.1) is 33.5 Å². The van der Waals surface area contributed by atoms with E-state index >= 15 is 0 Å². The van der Waals surface area contributed by atoms with Gasteiger partial charge in [0.1, 0.15) is 17.9 Å². The summed E-state index contributed by atoms with van der Waals surface area (Å²) in [4.78, 5) is 48.4. The number of nitroso groups, excluding NO2 is 1. The number of fused-ring (bicyclic) bond motifs is 5. The maximum Gasteiger partial charge on any atom is 0.189 e. The Morgan fingerprint density at radius 2 is 1.96 bits per heavy atom. The molecule has 0 heterocycles. The first-order valence-electron chi connectivity index (χ1n) is 9.99. The molecule has 0 aromatic carbocycles. The standard InChI is InChI=1S/C21H27NO5/c1-19-7-5-13(23)9-12(19)3-4-14-15-6-8-21(26,17(25)11-22-27)20(15,2)10-16(24)18(14)19/h9,14-15,18,26H,3-8,10-11H2,1-2H3/t14-,15-,18+,19-,20-,21-/m0/s1. The second-order valence-electron chi connectivity index (χ2n) is 9.51. The molecule has 0 aliphatic heterocycles. The number of carbonyl (C=O) groups excluding carboxylic acids is 3. The second-order valence-corrected chi connectivity index (χ2v) is 9.51. The lowest BCUT2D eigenvalue weighted by molar-refractivity contribution is -0.168. The Morgan fingerprint density at radius 1 is 1.22 bits per heavy atom. The third kappa shape index (κ3) is 2.31. The zero-order chi connectivity index (χ0) is 19.6. The zero-order valence-corrected chi connectivity index (χ0v) is 16.0. The molecule has 0 spiro atoms. The average Bonchev–Trinajstić information content (AvgIpc) is 2.87. The zero-order valence-electron chi connectivity index (χ0n) is 16.0. The fraction of sp³-hybridized carbons (Fsp3) is 0.762. The van der Waals surface area contributed by atoms with Gasteiger partial charge in [-0.3, -0.25) is 14.4 Å². The summed E-state index contributed by atoms with van der Waals surface area (Å²) < 4.78 is 0. The van der Waals surface area contributed by atoms with Crippen molar-refractivity contribution >= 4 is 17.3 Å². The molecule has 146 valence electrons. The van der Waals surface area contributed by atoms with Gasteiger partial charge in [-0.05, 0) is 55.4 Å². The van der Waals surface area contributed by atoms with Gasteiger partial charge in [-0.1, -0.05) is 24.6 Å². The molecule has 0 unspecified atom stereocenters. The molecule has 4 rings (SSSR count). The van der Waals surface area contributed by atoms with E-state index < -0.39 is 23.3 Å². The van der Waals surface area contributed by atoms with Gasteiger partial charge < -0.3 is 5.11 Å². The van der Waals surface area contributed by atoms with Crippen molar-refractivity contribution < 1.29 is 19.5 Å². The molecule has 0 amide bonds. The smallest absolute Gasteiger partial charge is 0.189 e. The van der Waals surface area contributed by atoms with Gasteiger partial charge in [0.25, 0.3) is 0 Å². The van der Waals surface area contributed by atoms with E-state index in [-0.39, 0.29) is 47.6 Å². The van der Waals surface area contributed by atoms with Gasteiger partial charge in [0.05, 0.1) is 0 Å². The van der Waals surface area contributed by atoms with Gasteiger partial charge in [-0.2, -0.15) is 4.91 Å². The molecule has 27 heavy (non-hydrogen) atoms. The molecule has 0 bridgehead atoms. The highest BCUT2D eigenvalue weighted by Gasteiger charge is 2.68. The molecule has 6 atom stereocenters. The lowest BCUT2D eigenvalue weighted by Crippen LogP contribution is -2.60. The van der Waals surface area contributed by atoms with Crippen LogP contribution in [0.25, 0.3) is 0 Å². The molecule has 0 aromatic heterocycles. The first-order chi connectivity index (χ1) is 12.7. The number of hydrogen-bond acceptors (Lipinski definition) is 6. The number of carbonyl (C=O) groups is 3. The highest BCUT2D eigenvalue weighted by Crippen LogP contribution is 2.66. The number of allylic oxidation sites excluding steroid dienone is 1. The Bertz CT molecular complexity index is 773. The molecule has 0 radical (unpaired) electrons. The molecule has 3 fully saturated rings. The normalized spacial score (nSPS) is 46.2. The summed E-state index contributed by atoms with van der Waals surface area (Å²) in [6, 6.07) is 0. The molecule has 1 N–H and O–H groups in total. The maximum absolute atomic E-state index is 13.4. The van der Waals surface area contributed by atoms with E-state index in [0.717, 1.165) is 18.4 Å². The molecule has 4 aliphatic rings. The molecule has 6 heteroatoms. The van der Waals surface area contributed by atoms with Crippen molar-refractivity contribution in [3.8, 4) is 0 Å². The van der Waals surface area contributed by atoms with Gasteiger partial charge in [0.15, 0.2) is 11.6 Å². The molecule has 0 saturated heterocycles. The number of aliphatic hydroxyl groups is 1. The summed E-state index contributed by atoms with van der Waals surface area (Å²) in [6.07, 6.45) is 5.66. The highest BCUT2D eigenvalue weighted by atomic mass is 16.3. The van der Waals surface area contributed by atoms with E-state index in [1.807, 2.05) is 6.92 Å². The minimum Gasteiger partial charge on any atom is -0.381 e. The minimum absolute atomic E-state index is 0.0665. The van der Waals surface area contributed by atoms with Crippen LogP contribution in [0.1, 0.15) is 58.8 Å². The van der Waals surface area contributed by atoms with Crippen LogP contribution in [0.15, 0.2) is 16.8 Å². The van der Waals surface area contributed by atoms with Crippen molar-refractivity contribution in [3.63, 3.8) is 0 Å². The fourth-order valence-corrected chi connectivity index (χ4v) is 7.03. The van der Waals surface area contributed by atoms with E-state index in [0.29, 0.717) is 19.3 Å². The van der Waals surface area contributed by atoms with Crippen LogP contribution >= 0.6 is 0 Å². The van der Waals surface area contributed by atoms with Crippen molar-refractivity contribution in [1.29, 1.82) is 0 Å². The predicted octanol–water partition coefficient (Wildman–Crippen LogP) is 2.76. The van der Waals surface area contributed by atoms with Crippen LogP contribution in [0.2, 0.25) is 0 Å².